The number of hydrogen-bond acceptors (Lipinski definition) is 6. The minimum atomic E-state index is -3.82. The molecule has 10 heteroatoms. The molecule has 36 heavy (non-hydrogen) atoms. The molecule has 0 fully saturated rings. The molecular formula is C26H35N3O6S. The highest BCUT2D eigenvalue weighted by molar-refractivity contribution is 7.92. The lowest BCUT2D eigenvalue weighted by molar-refractivity contribution is -0.139. The summed E-state index contributed by atoms with van der Waals surface area (Å²) in [6, 6.07) is 11.5. The molecule has 2 aromatic rings. The van der Waals surface area contributed by atoms with Crippen molar-refractivity contribution in [3.63, 3.8) is 0 Å². The van der Waals surface area contributed by atoms with Gasteiger partial charge in [0.1, 0.15) is 12.6 Å². The first kappa shape index (κ1) is 27.3. The fraction of sp³-hybridized carbons (Fsp3) is 0.462. The van der Waals surface area contributed by atoms with E-state index in [0.29, 0.717) is 17.2 Å². The van der Waals surface area contributed by atoms with Crippen molar-refractivity contribution < 1.29 is 27.5 Å². The molecule has 0 saturated heterocycles. The van der Waals surface area contributed by atoms with E-state index < -0.39 is 28.5 Å². The molecule has 0 aliphatic carbocycles. The molecule has 1 N–H and O–H groups in total. The number of amides is 2. The second-order valence-electron chi connectivity index (χ2n) is 8.95. The number of benzene rings is 2. The zero-order valence-electron chi connectivity index (χ0n) is 21.5. The molecule has 2 atom stereocenters. The van der Waals surface area contributed by atoms with Gasteiger partial charge in [-0.05, 0) is 51.8 Å². The minimum Gasteiger partial charge on any atom is -0.454 e. The van der Waals surface area contributed by atoms with Gasteiger partial charge in [0.05, 0.1) is 11.4 Å². The van der Waals surface area contributed by atoms with Crippen LogP contribution in [-0.4, -0.2) is 56.3 Å². The third-order valence-electron chi connectivity index (χ3n) is 6.23. The third-order valence-corrected chi connectivity index (χ3v) is 7.97. The maximum atomic E-state index is 13.7. The van der Waals surface area contributed by atoms with Crippen molar-refractivity contribution in [2.45, 2.75) is 59.7 Å². The number of carbonyl (C=O) groups excluding carboxylic acids is 2. The van der Waals surface area contributed by atoms with E-state index in [4.69, 9.17) is 9.47 Å². The number of aryl methyl sites for hydroxylation is 1. The van der Waals surface area contributed by atoms with Gasteiger partial charge < -0.3 is 19.7 Å². The van der Waals surface area contributed by atoms with Crippen LogP contribution in [0.25, 0.3) is 0 Å². The van der Waals surface area contributed by atoms with Crippen LogP contribution in [0.15, 0.2) is 42.5 Å². The number of ether oxygens (including phenoxy) is 2. The van der Waals surface area contributed by atoms with Crippen molar-refractivity contribution in [1.29, 1.82) is 0 Å². The Morgan fingerprint density at radius 3 is 2.44 bits per heavy atom. The van der Waals surface area contributed by atoms with Crippen LogP contribution >= 0.6 is 0 Å². The fourth-order valence-corrected chi connectivity index (χ4v) is 4.87. The summed E-state index contributed by atoms with van der Waals surface area (Å²) in [6.07, 6.45) is 0.747. The van der Waals surface area contributed by atoms with Gasteiger partial charge >= 0.3 is 0 Å². The standard InChI is InChI=1S/C26H35N3O6S/c1-6-19(4)27-26(31)20(5)28(15-21-10-8-9-18(3)13-21)25(30)16-29(36(32,33)7-2)22-11-12-23-24(14-22)35-17-34-23/h8-14,19-20H,6-7,15-17H2,1-5H3,(H,27,31). The zero-order chi connectivity index (χ0) is 26.5. The second-order valence-corrected chi connectivity index (χ2v) is 11.1. The molecule has 9 nitrogen and oxygen atoms in total. The van der Waals surface area contributed by atoms with Crippen molar-refractivity contribution in [3.05, 3.63) is 53.6 Å². The van der Waals surface area contributed by atoms with E-state index >= 15 is 0 Å². The van der Waals surface area contributed by atoms with Gasteiger partial charge in [0.15, 0.2) is 11.5 Å². The van der Waals surface area contributed by atoms with Crippen LogP contribution < -0.4 is 19.1 Å². The largest absolute Gasteiger partial charge is 0.454 e. The lowest BCUT2D eigenvalue weighted by Crippen LogP contribution is -2.52. The van der Waals surface area contributed by atoms with E-state index in [2.05, 4.69) is 5.32 Å². The van der Waals surface area contributed by atoms with Crippen LogP contribution in [0.3, 0.4) is 0 Å². The first-order valence-electron chi connectivity index (χ1n) is 12.1. The van der Waals surface area contributed by atoms with Crippen molar-refractivity contribution in [3.8, 4) is 11.5 Å². The predicted octanol–water partition coefficient (Wildman–Crippen LogP) is 3.21. The van der Waals surface area contributed by atoms with Gasteiger partial charge in [-0.1, -0.05) is 36.8 Å². The van der Waals surface area contributed by atoms with Crippen LogP contribution in [0, 0.1) is 6.92 Å². The molecular weight excluding hydrogens is 482 g/mol. The maximum absolute atomic E-state index is 13.7. The van der Waals surface area contributed by atoms with Gasteiger partial charge in [-0.25, -0.2) is 8.42 Å². The molecule has 1 aliphatic heterocycles. The summed E-state index contributed by atoms with van der Waals surface area (Å²) in [6.45, 7) is 8.74. The highest BCUT2D eigenvalue weighted by Crippen LogP contribution is 2.36. The number of nitrogens with zero attached hydrogens (tertiary/aromatic N) is 2. The van der Waals surface area contributed by atoms with Crippen molar-refractivity contribution in [2.24, 2.45) is 0 Å². The summed E-state index contributed by atoms with van der Waals surface area (Å²) in [5, 5.41) is 2.92. The van der Waals surface area contributed by atoms with Crippen molar-refractivity contribution in [1.82, 2.24) is 10.2 Å². The molecule has 196 valence electrons. The van der Waals surface area contributed by atoms with Crippen LogP contribution in [0.5, 0.6) is 11.5 Å². The van der Waals surface area contributed by atoms with Crippen molar-refractivity contribution in [2.75, 3.05) is 23.4 Å². The van der Waals surface area contributed by atoms with E-state index in [0.717, 1.165) is 21.9 Å². The van der Waals surface area contributed by atoms with Crippen LogP contribution in [0.1, 0.15) is 45.2 Å². The van der Waals surface area contributed by atoms with Crippen molar-refractivity contribution >= 4 is 27.5 Å². The Hall–Kier alpha value is -3.27. The van der Waals surface area contributed by atoms with E-state index in [1.807, 2.05) is 45.0 Å². The van der Waals surface area contributed by atoms with Gasteiger partial charge in [-0.15, -0.1) is 0 Å². The monoisotopic (exact) mass is 517 g/mol. The number of fused-ring (bicyclic) bond motifs is 1. The Bertz CT molecular complexity index is 1200. The summed E-state index contributed by atoms with van der Waals surface area (Å²) >= 11 is 0. The normalized spacial score (nSPS) is 14.1. The molecule has 2 unspecified atom stereocenters. The zero-order valence-corrected chi connectivity index (χ0v) is 22.3. The lowest BCUT2D eigenvalue weighted by Gasteiger charge is -2.32. The Balaban J connectivity index is 1.94. The summed E-state index contributed by atoms with van der Waals surface area (Å²) in [5.41, 5.74) is 2.16. The van der Waals surface area contributed by atoms with Crippen LogP contribution in [0.2, 0.25) is 0 Å². The van der Waals surface area contributed by atoms with Gasteiger partial charge in [0.2, 0.25) is 28.6 Å². The number of sulfonamides is 1. The minimum absolute atomic E-state index is 0.0469. The quantitative estimate of drug-likeness (QED) is 0.491. The molecule has 0 saturated carbocycles. The molecule has 0 spiro atoms. The van der Waals surface area contributed by atoms with E-state index in [1.165, 1.54) is 11.8 Å². The Morgan fingerprint density at radius 2 is 1.78 bits per heavy atom. The summed E-state index contributed by atoms with van der Waals surface area (Å²) in [4.78, 5) is 28.1. The molecule has 0 bridgehead atoms. The molecule has 1 aliphatic rings. The van der Waals surface area contributed by atoms with E-state index in [1.54, 1.807) is 25.1 Å². The number of carbonyl (C=O) groups is 2. The molecule has 1 heterocycles. The van der Waals surface area contributed by atoms with Gasteiger partial charge in [-0.2, -0.15) is 0 Å². The molecule has 0 aromatic heterocycles. The summed E-state index contributed by atoms with van der Waals surface area (Å²) in [5.74, 6) is -0.0581. The molecule has 2 aromatic carbocycles. The number of nitrogens with one attached hydrogen (secondary N) is 1. The van der Waals surface area contributed by atoms with Gasteiger partial charge in [-0.3, -0.25) is 13.9 Å². The smallest absolute Gasteiger partial charge is 0.244 e. The SMILES string of the molecule is CCC(C)NC(=O)C(C)N(Cc1cccc(C)c1)C(=O)CN(c1ccc2c(c1)OCO2)S(=O)(=O)CC. The van der Waals surface area contributed by atoms with E-state index in [-0.39, 0.29) is 31.0 Å². The first-order chi connectivity index (χ1) is 17.1. The maximum Gasteiger partial charge on any atom is 0.244 e. The lowest BCUT2D eigenvalue weighted by atomic mass is 10.1. The highest BCUT2D eigenvalue weighted by atomic mass is 32.2. The second kappa shape index (κ2) is 11.6. The summed E-state index contributed by atoms with van der Waals surface area (Å²) < 4.78 is 37.9. The predicted molar refractivity (Wildman–Crippen MR) is 138 cm³/mol. The van der Waals surface area contributed by atoms with Crippen LogP contribution in [0.4, 0.5) is 5.69 Å². The Labute approximate surface area is 213 Å². The third kappa shape index (κ3) is 6.48. The Morgan fingerprint density at radius 1 is 1.06 bits per heavy atom. The number of anilines is 1. The van der Waals surface area contributed by atoms with E-state index in [9.17, 15) is 18.0 Å². The molecule has 3 rings (SSSR count). The highest BCUT2D eigenvalue weighted by Gasteiger charge is 2.32. The van der Waals surface area contributed by atoms with Gasteiger partial charge in [0, 0.05) is 18.7 Å². The fourth-order valence-electron chi connectivity index (χ4n) is 3.82. The topological polar surface area (TPSA) is 105 Å². The van der Waals surface area contributed by atoms with Gasteiger partial charge in [0.25, 0.3) is 0 Å². The molecule has 0 radical (unpaired) electrons. The average Bonchev–Trinajstić information content (AvgIpc) is 3.33. The number of hydrogen-bond donors (Lipinski definition) is 1. The number of rotatable bonds is 11. The first-order valence-corrected chi connectivity index (χ1v) is 13.7. The molecule has 2 amide bonds. The van der Waals surface area contributed by atoms with Crippen LogP contribution in [-0.2, 0) is 26.2 Å². The Kier molecular flexibility index (Phi) is 8.84. The summed E-state index contributed by atoms with van der Waals surface area (Å²) in [7, 11) is -3.82. The average molecular weight is 518 g/mol.